The zero-order valence-corrected chi connectivity index (χ0v) is 17.7. The number of carbonyl (C=O) groups excluding carboxylic acids is 1. The molecule has 0 saturated carbocycles. The minimum Gasteiger partial charge on any atom is -0.496 e. The van der Waals surface area contributed by atoms with E-state index in [1.165, 1.54) is 11.1 Å². The summed E-state index contributed by atoms with van der Waals surface area (Å²) in [6, 6.07) is 14.3. The summed E-state index contributed by atoms with van der Waals surface area (Å²) < 4.78 is 6.26. The second kappa shape index (κ2) is 9.38. The van der Waals surface area contributed by atoms with Gasteiger partial charge in [-0.3, -0.25) is 9.69 Å². The first-order chi connectivity index (χ1) is 13.1. The van der Waals surface area contributed by atoms with Gasteiger partial charge in [-0.25, -0.2) is 0 Å². The lowest BCUT2D eigenvalue weighted by atomic mass is 10.00. The van der Waals surface area contributed by atoms with Gasteiger partial charge in [0, 0.05) is 37.2 Å². The Morgan fingerprint density at radius 2 is 2.00 bits per heavy atom. The van der Waals surface area contributed by atoms with Crippen LogP contribution in [0.4, 0.5) is 0 Å². The summed E-state index contributed by atoms with van der Waals surface area (Å²) in [5.41, 5.74) is 3.52. The molecule has 1 aliphatic rings. The number of fused-ring (bicyclic) bond motifs is 1. The molecule has 0 spiro atoms. The molecule has 1 amide bonds. The normalized spacial score (nSPS) is 13.9. The van der Waals surface area contributed by atoms with E-state index in [4.69, 9.17) is 4.74 Å². The lowest BCUT2D eigenvalue weighted by molar-refractivity contribution is 0.0752. The fourth-order valence-corrected chi connectivity index (χ4v) is 4.01. The van der Waals surface area contributed by atoms with E-state index in [-0.39, 0.29) is 5.91 Å². The van der Waals surface area contributed by atoms with Crippen molar-refractivity contribution in [3.63, 3.8) is 0 Å². The minimum absolute atomic E-state index is 0.0274. The Labute approximate surface area is 170 Å². The molecule has 27 heavy (non-hydrogen) atoms. The summed E-state index contributed by atoms with van der Waals surface area (Å²) in [7, 11) is 1.60. The highest BCUT2D eigenvalue weighted by Crippen LogP contribution is 2.24. The van der Waals surface area contributed by atoms with Crippen LogP contribution in [-0.4, -0.2) is 49.0 Å². The summed E-state index contributed by atoms with van der Waals surface area (Å²) in [6.45, 7) is 6.58. The molecule has 1 heterocycles. The number of hydrogen-bond acceptors (Lipinski definition) is 3. The van der Waals surface area contributed by atoms with Crippen LogP contribution in [0.3, 0.4) is 0 Å². The first-order valence-corrected chi connectivity index (χ1v) is 10.3. The summed E-state index contributed by atoms with van der Waals surface area (Å²) in [4.78, 5) is 17.4. The standard InChI is InChI=1S/C22H27BrN2O2/c1-3-25(22(26)20-15-19(23)9-10-21(20)27-2)13-6-12-24-14-11-17-7-4-5-8-18(17)16-24/h4-5,7-10,15H,3,6,11-14,16H2,1-2H3. The van der Waals surface area contributed by atoms with E-state index >= 15 is 0 Å². The molecule has 1 aliphatic heterocycles. The topological polar surface area (TPSA) is 32.8 Å². The van der Waals surface area contributed by atoms with E-state index < -0.39 is 0 Å². The fraction of sp³-hybridized carbons (Fsp3) is 0.409. The van der Waals surface area contributed by atoms with Crippen molar-refractivity contribution < 1.29 is 9.53 Å². The minimum atomic E-state index is 0.0274. The molecule has 0 unspecified atom stereocenters. The van der Waals surface area contributed by atoms with E-state index in [0.29, 0.717) is 17.9 Å². The van der Waals surface area contributed by atoms with Crippen LogP contribution in [0.1, 0.15) is 34.8 Å². The van der Waals surface area contributed by atoms with Gasteiger partial charge in [-0.2, -0.15) is 0 Å². The quantitative estimate of drug-likeness (QED) is 0.653. The van der Waals surface area contributed by atoms with E-state index in [1.807, 2.05) is 30.0 Å². The second-order valence-corrected chi connectivity index (χ2v) is 7.79. The SMILES string of the molecule is CCN(CCCN1CCc2ccccc2C1)C(=O)c1cc(Br)ccc1OC. The van der Waals surface area contributed by atoms with Gasteiger partial charge < -0.3 is 9.64 Å². The van der Waals surface area contributed by atoms with Crippen molar-refractivity contribution in [2.24, 2.45) is 0 Å². The van der Waals surface area contributed by atoms with Crippen LogP contribution in [0.2, 0.25) is 0 Å². The largest absolute Gasteiger partial charge is 0.496 e. The van der Waals surface area contributed by atoms with Gasteiger partial charge in [0.2, 0.25) is 0 Å². The number of hydrogen-bond donors (Lipinski definition) is 0. The molecular formula is C22H27BrN2O2. The molecule has 0 aromatic heterocycles. The Morgan fingerprint density at radius 1 is 1.22 bits per heavy atom. The van der Waals surface area contributed by atoms with Crippen LogP contribution in [0.15, 0.2) is 46.9 Å². The molecule has 0 N–H and O–H groups in total. The van der Waals surface area contributed by atoms with Crippen LogP contribution >= 0.6 is 15.9 Å². The van der Waals surface area contributed by atoms with Crippen molar-refractivity contribution in [1.29, 1.82) is 0 Å². The van der Waals surface area contributed by atoms with Crippen LogP contribution in [-0.2, 0) is 13.0 Å². The Kier molecular flexibility index (Phi) is 6.91. The van der Waals surface area contributed by atoms with Gasteiger partial charge in [-0.1, -0.05) is 40.2 Å². The number of amides is 1. The first kappa shape index (κ1) is 19.9. The van der Waals surface area contributed by atoms with Crippen LogP contribution < -0.4 is 4.74 Å². The molecule has 2 aromatic carbocycles. The van der Waals surface area contributed by atoms with E-state index in [2.05, 4.69) is 45.1 Å². The van der Waals surface area contributed by atoms with Gasteiger partial charge in [0.15, 0.2) is 0 Å². The molecule has 5 heteroatoms. The fourth-order valence-electron chi connectivity index (χ4n) is 3.65. The molecule has 3 rings (SSSR count). The lowest BCUT2D eigenvalue weighted by Crippen LogP contribution is -2.36. The monoisotopic (exact) mass is 430 g/mol. The van der Waals surface area contributed by atoms with Crippen molar-refractivity contribution in [2.45, 2.75) is 26.3 Å². The van der Waals surface area contributed by atoms with Crippen molar-refractivity contribution in [1.82, 2.24) is 9.80 Å². The van der Waals surface area contributed by atoms with Crippen LogP contribution in [0, 0.1) is 0 Å². The number of nitrogens with zero attached hydrogens (tertiary/aromatic N) is 2. The maximum Gasteiger partial charge on any atom is 0.257 e. The summed E-state index contributed by atoms with van der Waals surface area (Å²) in [5.74, 6) is 0.647. The molecular weight excluding hydrogens is 404 g/mol. The molecule has 0 bridgehead atoms. The molecule has 0 saturated heterocycles. The predicted molar refractivity (Wildman–Crippen MR) is 112 cm³/mol. The third-order valence-electron chi connectivity index (χ3n) is 5.17. The molecule has 0 radical (unpaired) electrons. The Balaban J connectivity index is 1.57. The van der Waals surface area contributed by atoms with E-state index in [1.54, 1.807) is 7.11 Å². The highest BCUT2D eigenvalue weighted by Gasteiger charge is 2.20. The first-order valence-electron chi connectivity index (χ1n) is 9.54. The third-order valence-corrected chi connectivity index (χ3v) is 5.67. The molecule has 2 aromatic rings. The number of benzene rings is 2. The second-order valence-electron chi connectivity index (χ2n) is 6.88. The Hall–Kier alpha value is -1.85. The van der Waals surface area contributed by atoms with Gasteiger partial charge >= 0.3 is 0 Å². The van der Waals surface area contributed by atoms with E-state index in [9.17, 15) is 4.79 Å². The van der Waals surface area contributed by atoms with Crippen molar-refractivity contribution >= 4 is 21.8 Å². The predicted octanol–water partition coefficient (Wildman–Crippen LogP) is 4.37. The maximum atomic E-state index is 13.0. The number of methoxy groups -OCH3 is 1. The molecule has 0 fully saturated rings. The van der Waals surface area contributed by atoms with Crippen molar-refractivity contribution in [2.75, 3.05) is 33.3 Å². The van der Waals surface area contributed by atoms with Gasteiger partial charge in [-0.05, 0) is 49.1 Å². The average Bonchev–Trinajstić information content (AvgIpc) is 2.70. The zero-order valence-electron chi connectivity index (χ0n) is 16.1. The van der Waals surface area contributed by atoms with Gasteiger partial charge in [-0.15, -0.1) is 0 Å². The highest BCUT2D eigenvalue weighted by atomic mass is 79.9. The molecule has 4 nitrogen and oxygen atoms in total. The van der Waals surface area contributed by atoms with Crippen molar-refractivity contribution in [3.05, 3.63) is 63.6 Å². The van der Waals surface area contributed by atoms with Crippen LogP contribution in [0.25, 0.3) is 0 Å². The highest BCUT2D eigenvalue weighted by molar-refractivity contribution is 9.10. The lowest BCUT2D eigenvalue weighted by Gasteiger charge is -2.29. The molecule has 0 atom stereocenters. The van der Waals surface area contributed by atoms with Crippen molar-refractivity contribution in [3.8, 4) is 5.75 Å². The van der Waals surface area contributed by atoms with Gasteiger partial charge in [0.25, 0.3) is 5.91 Å². The Bertz CT molecular complexity index is 794. The Morgan fingerprint density at radius 3 is 2.74 bits per heavy atom. The smallest absolute Gasteiger partial charge is 0.257 e. The average molecular weight is 431 g/mol. The number of rotatable bonds is 7. The summed E-state index contributed by atoms with van der Waals surface area (Å²) in [5, 5.41) is 0. The van der Waals surface area contributed by atoms with Gasteiger partial charge in [0.1, 0.15) is 5.75 Å². The molecule has 0 aliphatic carbocycles. The number of carbonyl (C=O) groups is 1. The third kappa shape index (κ3) is 4.90. The summed E-state index contributed by atoms with van der Waals surface area (Å²) >= 11 is 3.45. The zero-order chi connectivity index (χ0) is 19.2. The van der Waals surface area contributed by atoms with Crippen LogP contribution in [0.5, 0.6) is 5.75 Å². The molecule has 144 valence electrons. The van der Waals surface area contributed by atoms with E-state index in [0.717, 1.165) is 43.5 Å². The maximum absolute atomic E-state index is 13.0. The number of halogens is 1. The summed E-state index contributed by atoms with van der Waals surface area (Å²) in [6.07, 6.45) is 2.08. The number of ether oxygens (including phenoxy) is 1. The van der Waals surface area contributed by atoms with Gasteiger partial charge in [0.05, 0.1) is 12.7 Å².